The summed E-state index contributed by atoms with van der Waals surface area (Å²) < 4.78 is 20.1. The van der Waals surface area contributed by atoms with Crippen LogP contribution < -0.4 is 11.5 Å². The third kappa shape index (κ3) is 1.97. The molecule has 23 heavy (non-hydrogen) atoms. The molecule has 1 unspecified atom stereocenters. The van der Waals surface area contributed by atoms with Crippen LogP contribution in [-0.2, 0) is 19.9 Å². The molecule has 0 saturated carbocycles. The number of nitrogen functional groups attached to an aromatic ring is 1. The molecule has 2 fully saturated rings. The van der Waals surface area contributed by atoms with Crippen LogP contribution in [0.15, 0.2) is 12.7 Å². The number of anilines is 1. The van der Waals surface area contributed by atoms with Gasteiger partial charge in [-0.25, -0.2) is 15.0 Å². The lowest BCUT2D eigenvalue weighted by atomic mass is 10.0. The van der Waals surface area contributed by atoms with Gasteiger partial charge in [0.05, 0.1) is 6.33 Å². The molecule has 0 amide bonds. The summed E-state index contributed by atoms with van der Waals surface area (Å²) in [7, 11) is 0. The third-order valence-corrected chi connectivity index (χ3v) is 4.49. The van der Waals surface area contributed by atoms with Crippen molar-refractivity contribution in [3.8, 4) is 0 Å². The van der Waals surface area contributed by atoms with Crippen LogP contribution >= 0.6 is 0 Å². The van der Waals surface area contributed by atoms with E-state index in [-0.39, 0.29) is 18.3 Å². The van der Waals surface area contributed by atoms with Gasteiger partial charge in [0, 0.05) is 6.54 Å². The predicted octanol–water partition coefficient (Wildman–Crippen LogP) is -0.0412. The van der Waals surface area contributed by atoms with E-state index in [4.69, 9.17) is 25.7 Å². The Morgan fingerprint density at radius 2 is 1.96 bits per heavy atom. The van der Waals surface area contributed by atoms with Crippen molar-refractivity contribution >= 4 is 17.0 Å². The largest absolute Gasteiger partial charge is 0.382 e. The maximum atomic E-state index is 6.20. The number of hydrogen-bond acceptors (Lipinski definition) is 8. The van der Waals surface area contributed by atoms with Crippen molar-refractivity contribution < 1.29 is 14.2 Å². The van der Waals surface area contributed by atoms with Crippen molar-refractivity contribution in [3.63, 3.8) is 0 Å². The minimum atomic E-state index is -0.849. The summed E-state index contributed by atoms with van der Waals surface area (Å²) in [4.78, 5) is 12.6. The second-order valence-corrected chi connectivity index (χ2v) is 6.51. The molecule has 2 saturated heterocycles. The van der Waals surface area contributed by atoms with Gasteiger partial charge in [-0.15, -0.1) is 0 Å². The Balaban J connectivity index is 1.84. The van der Waals surface area contributed by atoms with Crippen molar-refractivity contribution in [3.05, 3.63) is 12.7 Å². The second kappa shape index (κ2) is 4.60. The van der Waals surface area contributed by atoms with Gasteiger partial charge < -0.3 is 25.7 Å². The molecular weight excluding hydrogens is 300 g/mol. The molecule has 2 aliphatic rings. The topological polar surface area (TPSA) is 123 Å². The first-order valence-electron chi connectivity index (χ1n) is 7.53. The summed E-state index contributed by atoms with van der Waals surface area (Å²) in [5, 5.41) is 0. The van der Waals surface area contributed by atoms with Gasteiger partial charge in [0.1, 0.15) is 30.2 Å². The fourth-order valence-electron chi connectivity index (χ4n) is 3.47. The van der Waals surface area contributed by atoms with E-state index in [9.17, 15) is 0 Å². The molecule has 4 atom stereocenters. The van der Waals surface area contributed by atoms with Gasteiger partial charge in [-0.05, 0) is 20.8 Å². The average Bonchev–Trinajstić information content (AvgIpc) is 3.12. The summed E-state index contributed by atoms with van der Waals surface area (Å²) in [6, 6.07) is 0. The number of nitrogens with two attached hydrogens (primary N) is 2. The summed E-state index contributed by atoms with van der Waals surface area (Å²) in [5.74, 6) is -0.371. The van der Waals surface area contributed by atoms with E-state index < -0.39 is 11.5 Å². The van der Waals surface area contributed by atoms with E-state index in [0.29, 0.717) is 23.5 Å². The van der Waals surface area contributed by atoms with Crippen LogP contribution in [-0.4, -0.2) is 50.2 Å². The fraction of sp³-hybridized carbons (Fsp3) is 0.643. The Bertz CT molecular complexity index is 762. The molecule has 2 aliphatic heterocycles. The Labute approximate surface area is 132 Å². The highest BCUT2D eigenvalue weighted by Crippen LogP contribution is 2.47. The predicted molar refractivity (Wildman–Crippen MR) is 81.1 cm³/mol. The number of hydrogen-bond donors (Lipinski definition) is 2. The zero-order chi connectivity index (χ0) is 16.4. The lowest BCUT2D eigenvalue weighted by Gasteiger charge is -2.32. The van der Waals surface area contributed by atoms with Crippen molar-refractivity contribution in [1.82, 2.24) is 19.5 Å². The lowest BCUT2D eigenvalue weighted by molar-refractivity contribution is -0.223. The first-order valence-corrected chi connectivity index (χ1v) is 7.53. The van der Waals surface area contributed by atoms with E-state index in [1.807, 2.05) is 25.3 Å². The fourth-order valence-corrected chi connectivity index (χ4v) is 3.47. The molecule has 2 aromatic rings. The van der Waals surface area contributed by atoms with Gasteiger partial charge in [0.2, 0.25) is 0 Å². The summed E-state index contributed by atoms with van der Waals surface area (Å²) in [6.45, 7) is 6.02. The van der Waals surface area contributed by atoms with E-state index in [0.717, 1.165) is 0 Å². The Kier molecular flexibility index (Phi) is 2.95. The van der Waals surface area contributed by atoms with Crippen molar-refractivity contribution in [1.29, 1.82) is 0 Å². The Morgan fingerprint density at radius 1 is 1.17 bits per heavy atom. The summed E-state index contributed by atoms with van der Waals surface area (Å²) in [5.41, 5.74) is 12.0. The highest BCUT2D eigenvalue weighted by atomic mass is 16.8. The first kappa shape index (κ1) is 14.8. The molecule has 0 bridgehead atoms. The number of rotatable bonds is 2. The number of aromatic nitrogens is 4. The average molecular weight is 320 g/mol. The standard InChI is InChI=1S/C14H20N6O3/c1-13(2)22-9-7(4-15)21-14(3,10(9)23-13)20-6-19-8-11(16)17-5-18-12(8)20/h5-7,9-10H,4,15H2,1-3H3,(H2,16,17,18)/t7?,9-,10-,14+/m1/s1. The van der Waals surface area contributed by atoms with Gasteiger partial charge >= 0.3 is 0 Å². The zero-order valence-corrected chi connectivity index (χ0v) is 13.3. The van der Waals surface area contributed by atoms with E-state index in [1.165, 1.54) is 6.33 Å². The van der Waals surface area contributed by atoms with Crippen LogP contribution in [0.4, 0.5) is 5.82 Å². The van der Waals surface area contributed by atoms with Crippen molar-refractivity contribution in [2.24, 2.45) is 5.73 Å². The van der Waals surface area contributed by atoms with Crippen LogP contribution in [0.25, 0.3) is 11.2 Å². The Hall–Kier alpha value is -1.81. The monoisotopic (exact) mass is 320 g/mol. The van der Waals surface area contributed by atoms with E-state index in [2.05, 4.69) is 15.0 Å². The van der Waals surface area contributed by atoms with Crippen LogP contribution in [0.2, 0.25) is 0 Å². The molecule has 4 N–H and O–H groups in total. The van der Waals surface area contributed by atoms with E-state index >= 15 is 0 Å². The molecule has 0 aromatic carbocycles. The third-order valence-electron chi connectivity index (χ3n) is 4.49. The highest BCUT2D eigenvalue weighted by Gasteiger charge is 2.61. The van der Waals surface area contributed by atoms with Crippen molar-refractivity contribution in [2.75, 3.05) is 12.3 Å². The normalized spacial score (nSPS) is 35.7. The van der Waals surface area contributed by atoms with Gasteiger partial charge in [-0.1, -0.05) is 0 Å². The lowest BCUT2D eigenvalue weighted by Crippen LogP contribution is -2.43. The first-order chi connectivity index (χ1) is 10.9. The molecular formula is C14H20N6O3. The van der Waals surface area contributed by atoms with Crippen LogP contribution in [0.3, 0.4) is 0 Å². The van der Waals surface area contributed by atoms with Gasteiger partial charge in [-0.2, -0.15) is 0 Å². The molecule has 0 spiro atoms. The van der Waals surface area contributed by atoms with Gasteiger partial charge in [0.25, 0.3) is 0 Å². The highest BCUT2D eigenvalue weighted by molar-refractivity contribution is 5.81. The summed E-state index contributed by atoms with van der Waals surface area (Å²) in [6.07, 6.45) is 2.18. The number of fused-ring (bicyclic) bond motifs is 2. The molecule has 2 aromatic heterocycles. The second-order valence-electron chi connectivity index (χ2n) is 6.51. The van der Waals surface area contributed by atoms with Crippen LogP contribution in [0, 0.1) is 0 Å². The summed E-state index contributed by atoms with van der Waals surface area (Å²) >= 11 is 0. The smallest absolute Gasteiger partial charge is 0.174 e. The molecule has 124 valence electrons. The molecule has 4 heterocycles. The maximum Gasteiger partial charge on any atom is 0.174 e. The van der Waals surface area contributed by atoms with Gasteiger partial charge in [0.15, 0.2) is 23.0 Å². The molecule has 9 nitrogen and oxygen atoms in total. The van der Waals surface area contributed by atoms with Crippen LogP contribution in [0.5, 0.6) is 0 Å². The number of ether oxygens (including phenoxy) is 3. The maximum absolute atomic E-state index is 6.20. The van der Waals surface area contributed by atoms with E-state index in [1.54, 1.807) is 6.33 Å². The van der Waals surface area contributed by atoms with Crippen molar-refractivity contribution in [2.45, 2.75) is 50.6 Å². The quantitative estimate of drug-likeness (QED) is 0.790. The minimum Gasteiger partial charge on any atom is -0.382 e. The Morgan fingerprint density at radius 3 is 2.70 bits per heavy atom. The number of imidazole rings is 1. The minimum absolute atomic E-state index is 0.253. The van der Waals surface area contributed by atoms with Crippen LogP contribution in [0.1, 0.15) is 20.8 Å². The SMILES string of the molecule is CC1(C)O[C@@H]2C(CN)O[C@](C)(n3cnc4c(N)ncnc43)[C@@H]2O1. The number of nitrogens with zero attached hydrogens (tertiary/aromatic N) is 4. The molecule has 0 radical (unpaired) electrons. The zero-order valence-electron chi connectivity index (χ0n) is 13.3. The van der Waals surface area contributed by atoms with Gasteiger partial charge in [-0.3, -0.25) is 4.57 Å². The molecule has 4 rings (SSSR count). The molecule has 9 heteroatoms. The molecule has 0 aliphatic carbocycles.